The van der Waals surface area contributed by atoms with E-state index in [1.807, 2.05) is 24.2 Å². The summed E-state index contributed by atoms with van der Waals surface area (Å²) in [6, 6.07) is 2.25. The molecule has 5 rings (SSSR count). The molecule has 2 aliphatic carbocycles. The van der Waals surface area contributed by atoms with Crippen molar-refractivity contribution < 1.29 is 9.90 Å². The van der Waals surface area contributed by atoms with Gasteiger partial charge in [-0.05, 0) is 44.6 Å². The summed E-state index contributed by atoms with van der Waals surface area (Å²) in [5, 5.41) is 14.1. The lowest BCUT2D eigenvalue weighted by Crippen LogP contribution is -2.50. The monoisotopic (exact) mass is 369 g/mol. The molecule has 2 fully saturated rings. The van der Waals surface area contributed by atoms with E-state index in [1.54, 1.807) is 0 Å². The molecule has 0 saturated heterocycles. The van der Waals surface area contributed by atoms with Crippen LogP contribution in [0.1, 0.15) is 61.9 Å². The lowest BCUT2D eigenvalue weighted by molar-refractivity contribution is 0.0626. The van der Waals surface area contributed by atoms with Gasteiger partial charge < -0.3 is 19.9 Å². The van der Waals surface area contributed by atoms with E-state index < -0.39 is 0 Å². The van der Waals surface area contributed by atoms with Gasteiger partial charge in [-0.1, -0.05) is 12.8 Å². The highest BCUT2D eigenvalue weighted by atomic mass is 16.3. The Kier molecular flexibility index (Phi) is 3.89. The van der Waals surface area contributed by atoms with Crippen LogP contribution in [0.3, 0.4) is 0 Å². The van der Waals surface area contributed by atoms with E-state index in [-0.39, 0.29) is 17.6 Å². The third-order valence-corrected chi connectivity index (χ3v) is 6.68. The Labute approximate surface area is 158 Å². The number of hydrogen-bond acceptors (Lipinski definition) is 5. The first-order valence-electron chi connectivity index (χ1n) is 10.1. The smallest absolute Gasteiger partial charge is 0.270 e. The molecule has 7 heteroatoms. The number of aromatic nitrogens is 3. The maximum absolute atomic E-state index is 12.8. The molecule has 1 spiro atoms. The van der Waals surface area contributed by atoms with E-state index in [0.717, 1.165) is 61.8 Å². The Morgan fingerprint density at radius 1 is 1.22 bits per heavy atom. The minimum atomic E-state index is -0.172. The quantitative estimate of drug-likeness (QED) is 0.850. The van der Waals surface area contributed by atoms with Crippen molar-refractivity contribution in [2.75, 3.05) is 18.9 Å². The van der Waals surface area contributed by atoms with Gasteiger partial charge in [0.2, 0.25) is 5.95 Å². The number of hydrogen-bond donors (Lipinski definition) is 2. The van der Waals surface area contributed by atoms with Crippen molar-refractivity contribution in [1.82, 2.24) is 19.4 Å². The maximum atomic E-state index is 12.8. The van der Waals surface area contributed by atoms with Crippen LogP contribution in [-0.2, 0) is 5.54 Å². The predicted molar refractivity (Wildman–Crippen MR) is 103 cm³/mol. The number of nitrogens with one attached hydrogen (secondary N) is 1. The van der Waals surface area contributed by atoms with Crippen LogP contribution in [0.25, 0.3) is 11.0 Å². The Morgan fingerprint density at radius 3 is 2.70 bits per heavy atom. The normalized spacial score (nSPS) is 27.3. The number of carbonyl (C=O) groups is 1. The second-order valence-electron chi connectivity index (χ2n) is 8.58. The van der Waals surface area contributed by atoms with Gasteiger partial charge in [0, 0.05) is 31.2 Å². The fraction of sp³-hybridized carbons (Fsp3) is 0.650. The Morgan fingerprint density at radius 2 is 1.96 bits per heavy atom. The highest BCUT2D eigenvalue weighted by molar-refractivity contribution is 5.99. The Hall–Kier alpha value is -2.15. The summed E-state index contributed by atoms with van der Waals surface area (Å²) in [4.78, 5) is 24.0. The van der Waals surface area contributed by atoms with Crippen molar-refractivity contribution in [1.29, 1.82) is 0 Å². The summed E-state index contributed by atoms with van der Waals surface area (Å²) in [6.07, 6.45) is 9.75. The number of fused-ring (bicyclic) bond motifs is 4. The maximum Gasteiger partial charge on any atom is 0.270 e. The molecule has 1 aliphatic heterocycles. The number of anilines is 1. The number of amides is 1. The highest BCUT2D eigenvalue weighted by Crippen LogP contribution is 2.43. The highest BCUT2D eigenvalue weighted by Gasteiger charge is 2.45. The first-order valence-corrected chi connectivity index (χ1v) is 10.1. The van der Waals surface area contributed by atoms with Gasteiger partial charge in [0.1, 0.15) is 11.3 Å². The molecular weight excluding hydrogens is 342 g/mol. The van der Waals surface area contributed by atoms with Crippen molar-refractivity contribution in [2.45, 2.75) is 69.1 Å². The van der Waals surface area contributed by atoms with Gasteiger partial charge in [0.25, 0.3) is 5.91 Å². The van der Waals surface area contributed by atoms with Crippen LogP contribution in [0, 0.1) is 0 Å². The van der Waals surface area contributed by atoms with Gasteiger partial charge in [-0.15, -0.1) is 0 Å². The van der Waals surface area contributed by atoms with Crippen molar-refractivity contribution in [3.8, 4) is 0 Å². The molecule has 2 aromatic heterocycles. The van der Waals surface area contributed by atoms with Crippen LogP contribution in [0.4, 0.5) is 5.95 Å². The second-order valence-corrected chi connectivity index (χ2v) is 8.58. The summed E-state index contributed by atoms with van der Waals surface area (Å²) in [7, 11) is 1.90. The number of aliphatic hydroxyl groups excluding tert-OH is 1. The summed E-state index contributed by atoms with van der Waals surface area (Å²) < 4.78 is 2.22. The van der Waals surface area contributed by atoms with Gasteiger partial charge in [0.05, 0.1) is 11.6 Å². The number of nitrogens with zero attached hydrogens (tertiary/aromatic N) is 4. The molecule has 0 unspecified atom stereocenters. The number of likely N-dealkylation sites (N-methyl/N-ethyl adjacent to an activating group) is 1. The molecular formula is C20H27N5O2. The molecule has 0 bridgehead atoms. The van der Waals surface area contributed by atoms with E-state index in [1.165, 1.54) is 12.8 Å². The summed E-state index contributed by atoms with van der Waals surface area (Å²) in [5.41, 5.74) is 1.59. The zero-order valence-corrected chi connectivity index (χ0v) is 15.8. The molecule has 144 valence electrons. The molecule has 2 saturated carbocycles. The number of rotatable bonds is 2. The topological polar surface area (TPSA) is 83.3 Å². The lowest BCUT2D eigenvalue weighted by Gasteiger charge is -2.41. The predicted octanol–water partition coefficient (Wildman–Crippen LogP) is 2.50. The van der Waals surface area contributed by atoms with E-state index in [9.17, 15) is 9.90 Å². The molecule has 3 aliphatic rings. The van der Waals surface area contributed by atoms with Gasteiger partial charge in [-0.2, -0.15) is 4.98 Å². The van der Waals surface area contributed by atoms with Gasteiger partial charge in [-0.3, -0.25) is 4.79 Å². The largest absolute Gasteiger partial charge is 0.393 e. The standard InChI is InChI=1S/C20H27N5O2/c1-24-12-20(8-2-3-9-20)25-16(18(24)27)10-13-11-21-19(23-17(13)25)22-14-4-6-15(26)7-5-14/h10-11,14-15,26H,2-9,12H2,1H3,(H,21,22,23). The van der Waals surface area contributed by atoms with E-state index in [4.69, 9.17) is 4.98 Å². The fourth-order valence-electron chi connectivity index (χ4n) is 5.29. The minimum Gasteiger partial charge on any atom is -0.393 e. The average Bonchev–Trinajstić information content (AvgIpc) is 3.27. The van der Waals surface area contributed by atoms with Crippen LogP contribution >= 0.6 is 0 Å². The lowest BCUT2D eigenvalue weighted by atomic mass is 9.93. The molecule has 3 heterocycles. The van der Waals surface area contributed by atoms with Crippen LogP contribution in [0.15, 0.2) is 12.3 Å². The first kappa shape index (κ1) is 17.0. The van der Waals surface area contributed by atoms with E-state index in [2.05, 4.69) is 14.9 Å². The molecule has 0 atom stereocenters. The third kappa shape index (κ3) is 2.71. The molecule has 2 N–H and O–H groups in total. The van der Waals surface area contributed by atoms with Gasteiger partial charge in [-0.25, -0.2) is 4.98 Å². The molecule has 27 heavy (non-hydrogen) atoms. The molecule has 2 aromatic rings. The first-order chi connectivity index (χ1) is 13.1. The second kappa shape index (κ2) is 6.19. The fourth-order valence-corrected chi connectivity index (χ4v) is 5.29. The minimum absolute atomic E-state index is 0.0275. The van der Waals surface area contributed by atoms with Crippen LogP contribution in [0.2, 0.25) is 0 Å². The van der Waals surface area contributed by atoms with Crippen molar-refractivity contribution in [3.63, 3.8) is 0 Å². The van der Waals surface area contributed by atoms with Crippen molar-refractivity contribution in [3.05, 3.63) is 18.0 Å². The SMILES string of the molecule is CN1CC2(CCCC2)n2c(cc3cnc(NC4CCC(O)CC4)nc32)C1=O. The van der Waals surface area contributed by atoms with Crippen LogP contribution in [-0.4, -0.2) is 56.2 Å². The zero-order valence-electron chi connectivity index (χ0n) is 15.8. The van der Waals surface area contributed by atoms with Gasteiger partial charge in [0.15, 0.2) is 0 Å². The third-order valence-electron chi connectivity index (χ3n) is 6.68. The van der Waals surface area contributed by atoms with Crippen molar-refractivity contribution >= 4 is 22.9 Å². The van der Waals surface area contributed by atoms with Gasteiger partial charge >= 0.3 is 0 Å². The van der Waals surface area contributed by atoms with E-state index >= 15 is 0 Å². The molecule has 0 aromatic carbocycles. The zero-order chi connectivity index (χ0) is 18.6. The van der Waals surface area contributed by atoms with E-state index in [0.29, 0.717) is 12.0 Å². The molecule has 0 radical (unpaired) electrons. The summed E-state index contributed by atoms with van der Waals surface area (Å²) in [5.74, 6) is 0.700. The summed E-state index contributed by atoms with van der Waals surface area (Å²) >= 11 is 0. The Balaban J connectivity index is 1.54. The molecule has 1 amide bonds. The number of aliphatic hydroxyl groups is 1. The molecule has 7 nitrogen and oxygen atoms in total. The van der Waals surface area contributed by atoms with Crippen molar-refractivity contribution in [2.24, 2.45) is 0 Å². The average molecular weight is 369 g/mol. The number of carbonyl (C=O) groups excluding carboxylic acids is 1. The van der Waals surface area contributed by atoms with Crippen LogP contribution < -0.4 is 5.32 Å². The summed E-state index contributed by atoms with van der Waals surface area (Å²) in [6.45, 7) is 0.760. The van der Waals surface area contributed by atoms with Crippen LogP contribution in [0.5, 0.6) is 0 Å². The Bertz CT molecular complexity index is 878.